The summed E-state index contributed by atoms with van der Waals surface area (Å²) in [4.78, 5) is 0. The molecule has 4 heteroatoms. The maximum Gasteiger partial charge on any atom is 1.00 e. The summed E-state index contributed by atoms with van der Waals surface area (Å²) in [5, 5.41) is 0. The second kappa shape index (κ2) is 18.5. The molecule has 0 aliphatic rings. The molecule has 0 amide bonds. The van der Waals surface area contributed by atoms with E-state index < -0.39 is 0 Å². The minimum Gasteiger partial charge on any atom is -1.00 e. The van der Waals surface area contributed by atoms with E-state index in [1.165, 1.54) is 0 Å². The summed E-state index contributed by atoms with van der Waals surface area (Å²) in [6, 6.07) is 0. The molecule has 2 radical (unpaired) electrons. The van der Waals surface area contributed by atoms with Crippen molar-refractivity contribution in [2.75, 3.05) is 0 Å². The van der Waals surface area contributed by atoms with Crippen molar-refractivity contribution in [3.8, 4) is 0 Å². The van der Waals surface area contributed by atoms with Gasteiger partial charge in [-0.1, -0.05) is 0 Å². The largest absolute Gasteiger partial charge is 1.00 e. The van der Waals surface area contributed by atoms with Crippen LogP contribution in [0.4, 0.5) is 0 Å². The molecule has 0 aromatic heterocycles. The molecule has 0 atom stereocenters. The van der Waals surface area contributed by atoms with E-state index in [0.29, 0.717) is 0 Å². The summed E-state index contributed by atoms with van der Waals surface area (Å²) < 4.78 is 0. The molecule has 0 spiro atoms. The van der Waals surface area contributed by atoms with Gasteiger partial charge in [-0.15, -0.1) is 0 Å². The van der Waals surface area contributed by atoms with Gasteiger partial charge in [0, 0.05) is 54.6 Å². The molecule has 0 heterocycles. The van der Waals surface area contributed by atoms with E-state index in [-0.39, 0.29) is 74.9 Å². The van der Waals surface area contributed by atoms with Crippen molar-refractivity contribution in [1.29, 1.82) is 0 Å². The average Bonchev–Trinajstić information content (AvgIpc) is 0. The van der Waals surface area contributed by atoms with Crippen LogP contribution in [0, 0.1) is 0 Å². The van der Waals surface area contributed by atoms with Crippen molar-refractivity contribution in [1.82, 2.24) is 0 Å². The van der Waals surface area contributed by atoms with Crippen molar-refractivity contribution in [2.45, 2.75) is 0 Å². The van der Waals surface area contributed by atoms with Crippen molar-refractivity contribution in [2.24, 2.45) is 0 Å². The summed E-state index contributed by atoms with van der Waals surface area (Å²) in [6.45, 7) is 0. The number of hydrogen-bond donors (Lipinski definition) is 0. The third-order valence-electron chi connectivity index (χ3n) is 0. The Labute approximate surface area is 74.2 Å². The topological polar surface area (TPSA) is 0 Å². The second-order valence-electron chi connectivity index (χ2n) is 0. The number of rotatable bonds is 0. The molecule has 0 bridgehead atoms. The van der Waals surface area contributed by atoms with Gasteiger partial charge in [0.25, 0.3) is 0 Å². The summed E-state index contributed by atoms with van der Waals surface area (Å²) in [5.74, 6) is 0. The Kier molecular flexibility index (Phi) is 155. The Bertz CT molecular complexity index is 9.61. The molecule has 0 rings (SSSR count). The van der Waals surface area contributed by atoms with Crippen LogP contribution in [0.1, 0.15) is 1.43 Å². The molecule has 0 N–H and O–H groups in total. The molecule has 4 heavy (non-hydrogen) atoms. The van der Waals surface area contributed by atoms with E-state index in [9.17, 15) is 0 Å². The average molecular weight is 321 g/mol. The molecule has 0 nitrogen and oxygen atoms in total. The van der Waals surface area contributed by atoms with Gasteiger partial charge in [0.05, 0.1) is 0 Å². The van der Waals surface area contributed by atoms with Crippen molar-refractivity contribution < 1.29 is 74.9 Å². The monoisotopic (exact) mass is 321 g/mol. The fourth-order valence-electron chi connectivity index (χ4n) is 0. The first kappa shape index (κ1) is 33.5. The molecule has 0 aliphatic carbocycles. The molecule has 0 aromatic rings. The molecule has 0 saturated heterocycles. The van der Waals surface area contributed by atoms with Gasteiger partial charge in [-0.2, -0.15) is 0 Å². The molecular weight excluding hydrogens is 320 g/mol. The second-order valence-corrected chi connectivity index (χ2v) is 0. The zero-order valence-corrected chi connectivity index (χ0v) is 6.34. The summed E-state index contributed by atoms with van der Waals surface area (Å²) in [5.41, 5.74) is 0. The van der Waals surface area contributed by atoms with Crippen LogP contribution < -0.4 is 18.9 Å². The van der Waals surface area contributed by atoms with E-state index in [0.717, 1.165) is 0 Å². The van der Waals surface area contributed by atoms with Crippen LogP contribution >= 0.6 is 0 Å². The van der Waals surface area contributed by atoms with Gasteiger partial charge >= 0.3 is 18.9 Å². The maximum atomic E-state index is 0. The van der Waals surface area contributed by atoms with E-state index in [2.05, 4.69) is 0 Å². The molecule has 0 unspecified atom stereocenters. The first-order valence-corrected chi connectivity index (χ1v) is 0. The zero-order chi connectivity index (χ0) is 0. The fraction of sp³-hybridized carbons (Fsp3) is 0. The third kappa shape index (κ3) is 8.85. The fourth-order valence-corrected chi connectivity index (χ4v) is 0. The zero-order valence-electron chi connectivity index (χ0n) is 2.98. The molecule has 0 saturated carbocycles. The first-order valence-electron chi connectivity index (χ1n) is 0. The van der Waals surface area contributed by atoms with E-state index in [1.54, 1.807) is 0 Å². The Morgan fingerprint density at radius 1 is 1.00 bits per heavy atom. The molecule has 0 fully saturated rings. The van der Waals surface area contributed by atoms with Gasteiger partial charge in [-0.05, 0) is 0 Å². The van der Waals surface area contributed by atoms with Crippen LogP contribution in [0.25, 0.3) is 0 Å². The normalized spacial score (nSPS) is 0. The Balaban J connectivity index is 0. The summed E-state index contributed by atoms with van der Waals surface area (Å²) in [6.07, 6.45) is 0. The van der Waals surface area contributed by atoms with Crippen molar-refractivity contribution >= 4 is 0 Å². The quantitative estimate of drug-likeness (QED) is 0.420. The molecule has 0 aliphatic heterocycles. The van der Waals surface area contributed by atoms with Crippen LogP contribution in [0.3, 0.4) is 0 Å². The van der Waals surface area contributed by atoms with E-state index >= 15 is 0 Å². The molecule has 30 valence electrons. The van der Waals surface area contributed by atoms with Gasteiger partial charge in [0.1, 0.15) is 0 Å². The van der Waals surface area contributed by atoms with Crippen LogP contribution in [-0.4, -0.2) is 0 Å². The standard InChI is InChI=1S/2Co.Li.Pt.H/q;;+1;;-1. The van der Waals surface area contributed by atoms with Gasteiger partial charge < -0.3 is 1.43 Å². The molecular formula is HCo2LiPt. The maximum absolute atomic E-state index is 0. The smallest absolute Gasteiger partial charge is 1.00 e. The number of hydrogen-bond acceptors (Lipinski definition) is 0. The van der Waals surface area contributed by atoms with Crippen LogP contribution in [0.15, 0.2) is 0 Å². The Hall–Kier alpha value is 2.30. The van der Waals surface area contributed by atoms with Crippen LogP contribution in [0.5, 0.6) is 0 Å². The van der Waals surface area contributed by atoms with Gasteiger partial charge in [-0.3, -0.25) is 0 Å². The van der Waals surface area contributed by atoms with Crippen molar-refractivity contribution in [3.05, 3.63) is 0 Å². The first-order chi connectivity index (χ1) is 0. The van der Waals surface area contributed by atoms with Crippen LogP contribution in [0.2, 0.25) is 0 Å². The van der Waals surface area contributed by atoms with Gasteiger partial charge in [-0.25, -0.2) is 0 Å². The predicted molar refractivity (Wildman–Crippen MR) is 1.11 cm³/mol. The predicted octanol–water partition coefficient (Wildman–Crippen LogP) is -2.89. The van der Waals surface area contributed by atoms with E-state index in [4.69, 9.17) is 0 Å². The van der Waals surface area contributed by atoms with Gasteiger partial charge in [0.2, 0.25) is 0 Å². The minimum atomic E-state index is 0. The van der Waals surface area contributed by atoms with Gasteiger partial charge in [0.15, 0.2) is 0 Å². The Morgan fingerprint density at radius 3 is 1.00 bits per heavy atom. The van der Waals surface area contributed by atoms with Crippen molar-refractivity contribution in [3.63, 3.8) is 0 Å². The molecule has 0 aromatic carbocycles. The summed E-state index contributed by atoms with van der Waals surface area (Å²) in [7, 11) is 0. The van der Waals surface area contributed by atoms with E-state index in [1.807, 2.05) is 0 Å². The van der Waals surface area contributed by atoms with Crippen LogP contribution in [-0.2, 0) is 54.6 Å². The minimum absolute atomic E-state index is 0. The summed E-state index contributed by atoms with van der Waals surface area (Å²) >= 11 is 0. The Morgan fingerprint density at radius 2 is 1.00 bits per heavy atom. The third-order valence-corrected chi connectivity index (χ3v) is 0. The SMILES string of the molecule is [Co].[Co].[H-].[Li+].[Pt].